The van der Waals surface area contributed by atoms with Gasteiger partial charge in [-0.25, -0.2) is 23.7 Å². The van der Waals surface area contributed by atoms with Gasteiger partial charge in [0.1, 0.15) is 0 Å². The molecule has 10 nitrogen and oxygen atoms in total. The fourth-order valence-corrected chi connectivity index (χ4v) is 3.61. The third kappa shape index (κ3) is 7.14. The Labute approximate surface area is 214 Å². The van der Waals surface area contributed by atoms with Gasteiger partial charge in [0.15, 0.2) is 17.9 Å². The molecule has 0 spiro atoms. The van der Waals surface area contributed by atoms with Crippen LogP contribution in [0.5, 0.6) is 5.75 Å². The van der Waals surface area contributed by atoms with Gasteiger partial charge >= 0.3 is 18.1 Å². The summed E-state index contributed by atoms with van der Waals surface area (Å²) < 4.78 is 20.0. The first-order valence-corrected chi connectivity index (χ1v) is 11.9. The summed E-state index contributed by atoms with van der Waals surface area (Å²) in [6.07, 6.45) is -1.17. The average Bonchev–Trinajstić information content (AvgIpc) is 2.81. The summed E-state index contributed by atoms with van der Waals surface area (Å²) in [5.41, 5.74) is 1.11. The molecule has 1 heterocycles. The Hall–Kier alpha value is -3.73. The molecule has 2 aromatic carbocycles. The first-order chi connectivity index (χ1) is 17.2. The predicted molar refractivity (Wildman–Crippen MR) is 134 cm³/mol. The van der Waals surface area contributed by atoms with E-state index in [9.17, 15) is 18.8 Å². The van der Waals surface area contributed by atoms with E-state index >= 15 is 0 Å². The van der Waals surface area contributed by atoms with Crippen LogP contribution in [0.2, 0.25) is 5.02 Å². The number of rotatable bonds is 10. The molecule has 1 unspecified atom stereocenters. The molecule has 0 aromatic heterocycles. The number of ether oxygens (including phenoxy) is 1. The van der Waals surface area contributed by atoms with Crippen LogP contribution in [0.25, 0.3) is 0 Å². The maximum absolute atomic E-state index is 14.5. The molecular weight excluding hydrogens is 491 g/mol. The Morgan fingerprint density at radius 1 is 1.17 bits per heavy atom. The van der Waals surface area contributed by atoms with Crippen molar-refractivity contribution in [2.75, 3.05) is 25.0 Å². The lowest BCUT2D eigenvalue weighted by atomic mass is 10.2. The van der Waals surface area contributed by atoms with Crippen LogP contribution >= 0.6 is 11.6 Å². The van der Waals surface area contributed by atoms with E-state index in [1.54, 1.807) is 51.1 Å². The monoisotopic (exact) mass is 520 g/mol. The zero-order valence-electron chi connectivity index (χ0n) is 20.3. The van der Waals surface area contributed by atoms with Gasteiger partial charge in [-0.05, 0) is 50.6 Å². The zero-order chi connectivity index (χ0) is 26.2. The number of hydrogen-bond donors (Lipinski definition) is 4. The van der Waals surface area contributed by atoms with Gasteiger partial charge in [0.25, 0.3) is 0 Å². The van der Waals surface area contributed by atoms with Crippen molar-refractivity contribution in [2.24, 2.45) is 0 Å². The molecule has 1 saturated heterocycles. The summed E-state index contributed by atoms with van der Waals surface area (Å²) >= 11 is 5.98. The van der Waals surface area contributed by atoms with E-state index in [4.69, 9.17) is 16.3 Å². The van der Waals surface area contributed by atoms with Gasteiger partial charge in [-0.1, -0.05) is 23.7 Å². The lowest BCUT2D eigenvalue weighted by Crippen LogP contribution is -2.67. The van der Waals surface area contributed by atoms with Crippen molar-refractivity contribution >= 4 is 35.4 Å². The minimum atomic E-state index is -0.968. The number of nitrogens with one attached hydrogen (secondary N) is 4. The van der Waals surface area contributed by atoms with Crippen LogP contribution in [-0.4, -0.2) is 59.9 Å². The number of carbonyl (C=O) groups excluding carboxylic acids is 3. The normalized spacial score (nSPS) is 15.6. The van der Waals surface area contributed by atoms with Crippen molar-refractivity contribution in [3.8, 4) is 5.75 Å². The second-order valence-electron chi connectivity index (χ2n) is 8.28. The third-order valence-corrected chi connectivity index (χ3v) is 5.37. The van der Waals surface area contributed by atoms with Crippen molar-refractivity contribution in [2.45, 2.75) is 39.7 Å². The number of benzene rings is 2. The average molecular weight is 521 g/mol. The molecule has 4 N–H and O–H groups in total. The van der Waals surface area contributed by atoms with E-state index in [1.807, 2.05) is 0 Å². The molecule has 1 aliphatic rings. The van der Waals surface area contributed by atoms with Gasteiger partial charge in [0.2, 0.25) is 0 Å². The molecule has 6 amide bonds. The molecule has 0 saturated carbocycles. The summed E-state index contributed by atoms with van der Waals surface area (Å²) in [4.78, 5) is 40.2. The van der Waals surface area contributed by atoms with Crippen LogP contribution in [0.4, 0.5) is 24.5 Å². The van der Waals surface area contributed by atoms with E-state index in [0.717, 1.165) is 10.5 Å². The molecule has 1 fully saturated rings. The lowest BCUT2D eigenvalue weighted by molar-refractivity contribution is 0.107. The first kappa shape index (κ1) is 26.9. The molecular formula is C24H30ClFN6O4. The number of carbonyl (C=O) groups is 3. The Morgan fingerprint density at radius 3 is 2.53 bits per heavy atom. The Kier molecular flexibility index (Phi) is 9.18. The maximum Gasteiger partial charge on any atom is 0.331 e. The van der Waals surface area contributed by atoms with Crippen molar-refractivity contribution in [1.82, 2.24) is 25.8 Å². The van der Waals surface area contributed by atoms with Crippen LogP contribution in [0.3, 0.4) is 0 Å². The van der Waals surface area contributed by atoms with Crippen LogP contribution in [-0.2, 0) is 6.54 Å². The Balaban J connectivity index is 1.79. The van der Waals surface area contributed by atoms with Crippen LogP contribution < -0.4 is 26.0 Å². The van der Waals surface area contributed by atoms with Crippen molar-refractivity contribution in [3.05, 3.63) is 58.9 Å². The van der Waals surface area contributed by atoms with Crippen LogP contribution in [0.15, 0.2) is 42.5 Å². The summed E-state index contributed by atoms with van der Waals surface area (Å²) in [6, 6.07) is 9.61. The van der Waals surface area contributed by atoms with Gasteiger partial charge < -0.3 is 20.7 Å². The maximum atomic E-state index is 14.5. The summed E-state index contributed by atoms with van der Waals surface area (Å²) in [5, 5.41) is 11.4. The van der Waals surface area contributed by atoms with Gasteiger partial charge in [0.05, 0.1) is 12.6 Å². The number of anilines is 1. The Morgan fingerprint density at radius 2 is 1.89 bits per heavy atom. The molecule has 0 aliphatic carbocycles. The predicted octanol–water partition coefficient (Wildman–Crippen LogP) is 3.93. The van der Waals surface area contributed by atoms with E-state index in [-0.39, 0.29) is 31.5 Å². The molecule has 0 bridgehead atoms. The molecule has 12 heteroatoms. The van der Waals surface area contributed by atoms with Crippen molar-refractivity contribution in [1.29, 1.82) is 0 Å². The molecule has 2 aromatic rings. The first-order valence-electron chi connectivity index (χ1n) is 11.6. The molecule has 3 rings (SSSR count). The number of halogens is 2. The number of imide groups is 1. The second kappa shape index (κ2) is 12.3. The van der Waals surface area contributed by atoms with E-state index in [2.05, 4.69) is 21.3 Å². The highest BCUT2D eigenvalue weighted by molar-refractivity contribution is 6.30. The highest BCUT2D eigenvalue weighted by Crippen LogP contribution is 2.24. The second-order valence-corrected chi connectivity index (χ2v) is 8.72. The van der Waals surface area contributed by atoms with Crippen molar-refractivity contribution < 1.29 is 23.5 Å². The molecule has 1 atom stereocenters. The van der Waals surface area contributed by atoms with Gasteiger partial charge in [-0.3, -0.25) is 10.2 Å². The lowest BCUT2D eigenvalue weighted by Gasteiger charge is -2.41. The largest absolute Gasteiger partial charge is 0.488 e. The van der Waals surface area contributed by atoms with Gasteiger partial charge in [-0.2, -0.15) is 0 Å². The van der Waals surface area contributed by atoms with Crippen LogP contribution in [0, 0.1) is 5.82 Å². The fraction of sp³-hybridized carbons (Fsp3) is 0.375. The quantitative estimate of drug-likeness (QED) is 0.379. The van der Waals surface area contributed by atoms with Crippen LogP contribution in [0.1, 0.15) is 26.3 Å². The van der Waals surface area contributed by atoms with E-state index in [1.165, 1.54) is 17.0 Å². The molecule has 194 valence electrons. The standard InChI is InChI=1S/C24H30ClFN6O4/c1-4-27-22(33)28-11-12-31-23(34)30-21(29-18-9-10-20(19(26)13-18)36-15(2)3)32(24(31)35)14-16-5-7-17(25)8-6-16/h5-10,13,15,21,29H,4,11-12,14H2,1-3H3,(H,30,34)(H2,27,28,33). The smallest absolute Gasteiger partial charge is 0.331 e. The zero-order valence-corrected chi connectivity index (χ0v) is 21.1. The minimum absolute atomic E-state index is 0.0402. The number of amides is 6. The van der Waals surface area contributed by atoms with E-state index in [0.29, 0.717) is 17.3 Å². The summed E-state index contributed by atoms with van der Waals surface area (Å²) in [6.45, 7) is 5.97. The molecule has 0 radical (unpaired) electrons. The molecule has 1 aliphatic heterocycles. The Bertz CT molecular complexity index is 1080. The highest BCUT2D eigenvalue weighted by atomic mass is 35.5. The van der Waals surface area contributed by atoms with Gasteiger partial charge in [0, 0.05) is 36.4 Å². The van der Waals surface area contributed by atoms with E-state index < -0.39 is 30.2 Å². The summed E-state index contributed by atoms with van der Waals surface area (Å²) in [5.74, 6) is -0.479. The topological polar surface area (TPSA) is 115 Å². The number of urea groups is 3. The number of nitrogens with zero attached hydrogens (tertiary/aromatic N) is 2. The summed E-state index contributed by atoms with van der Waals surface area (Å²) in [7, 11) is 0. The SMILES string of the molecule is CCNC(=O)NCCN1C(=O)NC(Nc2ccc(OC(C)C)c(F)c2)N(Cc2ccc(Cl)cc2)C1=O. The van der Waals surface area contributed by atoms with Gasteiger partial charge in [-0.15, -0.1) is 0 Å². The highest BCUT2D eigenvalue weighted by Gasteiger charge is 2.38. The van der Waals surface area contributed by atoms with Crippen molar-refractivity contribution in [3.63, 3.8) is 0 Å². The minimum Gasteiger partial charge on any atom is -0.488 e. The third-order valence-electron chi connectivity index (χ3n) is 5.12. The fourth-order valence-electron chi connectivity index (χ4n) is 3.48. The molecule has 36 heavy (non-hydrogen) atoms. The number of hydrogen-bond acceptors (Lipinski definition) is 5.